The van der Waals surface area contributed by atoms with Crippen molar-refractivity contribution in [1.29, 1.82) is 0 Å². The predicted octanol–water partition coefficient (Wildman–Crippen LogP) is 2.73. The smallest absolute Gasteiger partial charge is 0.0484 e. The van der Waals surface area contributed by atoms with Crippen molar-refractivity contribution >= 4 is 10.9 Å². The van der Waals surface area contributed by atoms with Crippen LogP contribution in [-0.2, 0) is 10.9 Å². The third kappa shape index (κ3) is 1.93. The largest absolute Gasteiger partial charge is 0.118 e. The van der Waals surface area contributed by atoms with Gasteiger partial charge in [0.05, 0.1) is 0 Å². The summed E-state index contributed by atoms with van der Waals surface area (Å²) in [5.74, 6) is 3.18. The maximum atomic E-state index is 1.59. The van der Waals surface area contributed by atoms with Crippen molar-refractivity contribution in [2.75, 3.05) is 11.5 Å². The fourth-order valence-electron chi connectivity index (χ4n) is 2.41. The normalized spacial score (nSPS) is 29.5. The molecular weight excluding hydrogens is 152 g/mol. The zero-order valence-corrected chi connectivity index (χ0v) is 8.17. The number of hydrogen-bond acceptors (Lipinski definition) is 0. The Hall–Kier alpha value is 0.350. The Bertz CT molecular complexity index is 110. The number of rotatable bonds is 1. The minimum absolute atomic E-state index is 0.880. The lowest BCUT2D eigenvalue weighted by atomic mass is 10.3. The van der Waals surface area contributed by atoms with Gasteiger partial charge in [-0.15, -0.1) is 0 Å². The Morgan fingerprint density at radius 1 is 0.727 bits per heavy atom. The molecule has 0 nitrogen and oxygen atoms in total. The van der Waals surface area contributed by atoms with Gasteiger partial charge < -0.3 is 0 Å². The molecule has 2 fully saturated rings. The summed E-state index contributed by atoms with van der Waals surface area (Å²) < 4.78 is 0. The molecule has 2 rings (SSSR count). The third-order valence-electron chi connectivity index (χ3n) is 3.09. The van der Waals surface area contributed by atoms with Gasteiger partial charge in [0.15, 0.2) is 0 Å². The van der Waals surface area contributed by atoms with E-state index in [4.69, 9.17) is 0 Å². The lowest BCUT2D eigenvalue weighted by Crippen LogP contribution is -2.27. The molecule has 1 saturated heterocycles. The highest BCUT2D eigenvalue weighted by Gasteiger charge is 2.33. The van der Waals surface area contributed by atoms with E-state index in [-0.39, 0.29) is 0 Å². The zero-order chi connectivity index (χ0) is 7.52. The Morgan fingerprint density at radius 3 is 2.00 bits per heavy atom. The first-order valence-electron chi connectivity index (χ1n) is 5.13. The van der Waals surface area contributed by atoms with E-state index in [0.717, 1.165) is 10.9 Å². The summed E-state index contributed by atoms with van der Waals surface area (Å²) >= 11 is 0. The van der Waals surface area contributed by atoms with Crippen LogP contribution in [0.3, 0.4) is 0 Å². The Kier molecular flexibility index (Phi) is 2.78. The fourth-order valence-corrected chi connectivity index (χ4v) is 5.43. The van der Waals surface area contributed by atoms with Crippen molar-refractivity contribution in [1.82, 2.24) is 0 Å². The van der Waals surface area contributed by atoms with Crippen LogP contribution in [0.4, 0.5) is 0 Å². The van der Waals surface area contributed by atoms with Gasteiger partial charge in [-0.2, -0.15) is 0 Å². The molecule has 0 radical (unpaired) electrons. The van der Waals surface area contributed by atoms with E-state index in [1.54, 1.807) is 37.2 Å². The lowest BCUT2D eigenvalue weighted by Gasteiger charge is -2.18. The maximum absolute atomic E-state index is 1.59. The number of hydrogen-bond donors (Lipinski definition) is 0. The van der Waals surface area contributed by atoms with Crippen LogP contribution in [0.15, 0.2) is 0 Å². The molecule has 0 bridgehead atoms. The summed E-state index contributed by atoms with van der Waals surface area (Å²) in [6.07, 6.45) is 10.8. The molecule has 1 heteroatoms. The zero-order valence-electron chi connectivity index (χ0n) is 7.35. The highest BCUT2D eigenvalue weighted by Crippen LogP contribution is 2.29. The van der Waals surface area contributed by atoms with Crippen molar-refractivity contribution < 1.29 is 0 Å². The summed E-state index contributed by atoms with van der Waals surface area (Å²) in [6.45, 7) is 0. The molecule has 64 valence electrons. The van der Waals surface area contributed by atoms with Gasteiger partial charge in [-0.3, -0.25) is 0 Å². The minimum atomic E-state index is 0.880. The standard InChI is InChI=1S/C10H19S/c1-4-8-11(9-5-1)10-6-2-3-7-10/h10H,1-9H2/q+1. The molecule has 0 atom stereocenters. The molecule has 0 aromatic heterocycles. The fraction of sp³-hybridized carbons (Fsp3) is 1.00. The summed E-state index contributed by atoms with van der Waals surface area (Å²) in [7, 11) is 0.880. The second kappa shape index (κ2) is 3.84. The monoisotopic (exact) mass is 171 g/mol. The first kappa shape index (κ1) is 7.97. The van der Waals surface area contributed by atoms with E-state index in [1.807, 2.05) is 0 Å². The van der Waals surface area contributed by atoms with E-state index < -0.39 is 0 Å². The Morgan fingerprint density at radius 2 is 1.36 bits per heavy atom. The van der Waals surface area contributed by atoms with Gasteiger partial charge in [-0.05, 0) is 55.8 Å². The molecule has 0 aromatic rings. The van der Waals surface area contributed by atoms with E-state index in [0.29, 0.717) is 0 Å². The molecular formula is C10H19S+. The SMILES string of the molecule is C1CC[S+](C2CCCC2)CC1. The first-order chi connectivity index (χ1) is 5.47. The van der Waals surface area contributed by atoms with E-state index in [2.05, 4.69) is 0 Å². The molecule has 1 saturated carbocycles. The highest BCUT2D eigenvalue weighted by molar-refractivity contribution is 7.97. The van der Waals surface area contributed by atoms with Crippen molar-refractivity contribution in [3.8, 4) is 0 Å². The quantitative estimate of drug-likeness (QED) is 0.532. The van der Waals surface area contributed by atoms with Gasteiger partial charge in [0, 0.05) is 0 Å². The van der Waals surface area contributed by atoms with Crippen LogP contribution in [0.2, 0.25) is 0 Å². The topological polar surface area (TPSA) is 0 Å². The molecule has 0 N–H and O–H groups in total. The molecule has 1 aliphatic carbocycles. The van der Waals surface area contributed by atoms with Crippen molar-refractivity contribution in [2.24, 2.45) is 0 Å². The minimum Gasteiger partial charge on any atom is -0.0484 e. The average Bonchev–Trinajstić information content (AvgIpc) is 2.58. The van der Waals surface area contributed by atoms with Crippen molar-refractivity contribution in [2.45, 2.75) is 50.2 Å². The Labute approximate surface area is 73.1 Å². The molecule has 1 aliphatic heterocycles. The summed E-state index contributed by atoms with van der Waals surface area (Å²) in [5, 5.41) is 1.18. The van der Waals surface area contributed by atoms with Crippen LogP contribution < -0.4 is 0 Å². The van der Waals surface area contributed by atoms with Crippen molar-refractivity contribution in [3.63, 3.8) is 0 Å². The predicted molar refractivity (Wildman–Crippen MR) is 53.2 cm³/mol. The van der Waals surface area contributed by atoms with Gasteiger partial charge in [-0.1, -0.05) is 0 Å². The second-order valence-electron chi connectivity index (χ2n) is 3.91. The van der Waals surface area contributed by atoms with Gasteiger partial charge in [-0.25, -0.2) is 0 Å². The Balaban J connectivity index is 1.82. The molecule has 0 amide bonds. The molecule has 0 aromatic carbocycles. The van der Waals surface area contributed by atoms with Crippen LogP contribution in [0.5, 0.6) is 0 Å². The average molecular weight is 171 g/mol. The van der Waals surface area contributed by atoms with Crippen LogP contribution in [0, 0.1) is 0 Å². The van der Waals surface area contributed by atoms with Gasteiger partial charge in [0.1, 0.15) is 16.8 Å². The molecule has 11 heavy (non-hydrogen) atoms. The van der Waals surface area contributed by atoms with Gasteiger partial charge in [0.2, 0.25) is 0 Å². The summed E-state index contributed by atoms with van der Waals surface area (Å²) in [4.78, 5) is 0. The van der Waals surface area contributed by atoms with Crippen LogP contribution in [0.1, 0.15) is 44.9 Å². The van der Waals surface area contributed by atoms with Crippen LogP contribution >= 0.6 is 0 Å². The van der Waals surface area contributed by atoms with Gasteiger partial charge >= 0.3 is 0 Å². The van der Waals surface area contributed by atoms with E-state index >= 15 is 0 Å². The molecule has 0 spiro atoms. The third-order valence-corrected chi connectivity index (χ3v) is 6.13. The summed E-state index contributed by atoms with van der Waals surface area (Å²) in [5.41, 5.74) is 0. The highest BCUT2D eigenvalue weighted by atomic mass is 32.2. The van der Waals surface area contributed by atoms with Gasteiger partial charge in [0.25, 0.3) is 0 Å². The second-order valence-corrected chi connectivity index (χ2v) is 6.47. The van der Waals surface area contributed by atoms with E-state index in [9.17, 15) is 0 Å². The van der Waals surface area contributed by atoms with Crippen LogP contribution in [-0.4, -0.2) is 16.8 Å². The molecule has 1 heterocycles. The van der Waals surface area contributed by atoms with Crippen molar-refractivity contribution in [3.05, 3.63) is 0 Å². The lowest BCUT2D eigenvalue weighted by molar-refractivity contribution is 0.743. The van der Waals surface area contributed by atoms with E-state index in [1.165, 1.54) is 24.5 Å². The van der Waals surface area contributed by atoms with Crippen LogP contribution in [0.25, 0.3) is 0 Å². The molecule has 2 aliphatic rings. The maximum Gasteiger partial charge on any atom is 0.118 e. The summed E-state index contributed by atoms with van der Waals surface area (Å²) in [6, 6.07) is 0. The first-order valence-corrected chi connectivity index (χ1v) is 6.76. The molecule has 0 unspecified atom stereocenters.